The van der Waals surface area contributed by atoms with Crippen molar-refractivity contribution in [2.24, 2.45) is 0 Å². The summed E-state index contributed by atoms with van der Waals surface area (Å²) in [5, 5.41) is 11.9. The third-order valence-corrected chi connectivity index (χ3v) is 5.62. The standard InChI is InChI=1S/C13H18N6O2S/c1-2-22(20,21)18-10-8-17(9-11-18)13-14-15-16-19(13)12-6-4-3-5-7-12/h3-7H,2,8-11H2,1H3. The zero-order valence-electron chi connectivity index (χ0n) is 12.3. The number of anilines is 1. The fourth-order valence-electron chi connectivity index (χ4n) is 2.46. The summed E-state index contributed by atoms with van der Waals surface area (Å²) in [5.41, 5.74) is 0.881. The van der Waals surface area contributed by atoms with Crippen LogP contribution >= 0.6 is 0 Å². The van der Waals surface area contributed by atoms with Gasteiger partial charge in [-0.1, -0.05) is 23.3 Å². The molecule has 0 saturated carbocycles. The lowest BCUT2D eigenvalue weighted by Crippen LogP contribution is -2.49. The Morgan fingerprint density at radius 2 is 1.77 bits per heavy atom. The molecule has 9 heteroatoms. The Balaban J connectivity index is 1.77. The first-order chi connectivity index (χ1) is 10.6. The van der Waals surface area contributed by atoms with Gasteiger partial charge in [0.25, 0.3) is 0 Å². The van der Waals surface area contributed by atoms with E-state index < -0.39 is 10.0 Å². The average Bonchev–Trinajstić information content (AvgIpc) is 3.05. The second kappa shape index (κ2) is 6.01. The highest BCUT2D eigenvalue weighted by Gasteiger charge is 2.27. The SMILES string of the molecule is CCS(=O)(=O)N1CCN(c2nnnn2-c2ccccc2)CC1. The Bertz CT molecular complexity index is 722. The highest BCUT2D eigenvalue weighted by Crippen LogP contribution is 2.18. The van der Waals surface area contributed by atoms with E-state index in [2.05, 4.69) is 15.5 Å². The van der Waals surface area contributed by atoms with Crippen molar-refractivity contribution in [2.45, 2.75) is 6.92 Å². The van der Waals surface area contributed by atoms with Crippen LogP contribution in [0.2, 0.25) is 0 Å². The second-order valence-corrected chi connectivity index (χ2v) is 7.27. The van der Waals surface area contributed by atoms with Crippen LogP contribution in [0.5, 0.6) is 0 Å². The molecular formula is C13H18N6O2S. The number of rotatable bonds is 4. The minimum absolute atomic E-state index is 0.134. The van der Waals surface area contributed by atoms with Gasteiger partial charge in [-0.3, -0.25) is 0 Å². The first-order valence-corrected chi connectivity index (χ1v) is 8.79. The van der Waals surface area contributed by atoms with Gasteiger partial charge in [0.1, 0.15) is 0 Å². The number of tetrazole rings is 1. The number of piperazine rings is 1. The van der Waals surface area contributed by atoms with Crippen LogP contribution in [0.15, 0.2) is 30.3 Å². The van der Waals surface area contributed by atoms with E-state index >= 15 is 0 Å². The summed E-state index contributed by atoms with van der Waals surface area (Å²) in [7, 11) is -3.13. The van der Waals surface area contributed by atoms with Crippen molar-refractivity contribution in [2.75, 3.05) is 36.8 Å². The first kappa shape index (κ1) is 14.9. The van der Waals surface area contributed by atoms with Gasteiger partial charge in [0.05, 0.1) is 11.4 Å². The molecule has 118 valence electrons. The number of hydrogen-bond donors (Lipinski definition) is 0. The molecule has 0 N–H and O–H groups in total. The quantitative estimate of drug-likeness (QED) is 0.796. The van der Waals surface area contributed by atoms with Gasteiger partial charge in [0, 0.05) is 26.2 Å². The highest BCUT2D eigenvalue weighted by atomic mass is 32.2. The van der Waals surface area contributed by atoms with Crippen LogP contribution in [0, 0.1) is 0 Å². The van der Waals surface area contributed by atoms with E-state index in [0.717, 1.165) is 5.69 Å². The summed E-state index contributed by atoms with van der Waals surface area (Å²) < 4.78 is 27.0. The number of hydrogen-bond acceptors (Lipinski definition) is 6. The molecule has 0 unspecified atom stereocenters. The lowest BCUT2D eigenvalue weighted by atomic mass is 10.3. The molecule has 1 saturated heterocycles. The number of nitrogens with zero attached hydrogens (tertiary/aromatic N) is 6. The smallest absolute Gasteiger partial charge is 0.250 e. The monoisotopic (exact) mass is 322 g/mol. The number of aromatic nitrogens is 4. The Labute approximate surface area is 129 Å². The molecule has 2 aromatic rings. The molecule has 0 amide bonds. The summed E-state index contributed by atoms with van der Waals surface area (Å²) in [4.78, 5) is 2.01. The highest BCUT2D eigenvalue weighted by molar-refractivity contribution is 7.89. The second-order valence-electron chi connectivity index (χ2n) is 5.01. The Morgan fingerprint density at radius 3 is 2.41 bits per heavy atom. The van der Waals surface area contributed by atoms with Gasteiger partial charge in [0.15, 0.2) is 0 Å². The molecule has 0 bridgehead atoms. The summed E-state index contributed by atoms with van der Waals surface area (Å²) in [6, 6.07) is 9.64. The van der Waals surface area contributed by atoms with Crippen LogP contribution in [0.1, 0.15) is 6.92 Å². The van der Waals surface area contributed by atoms with E-state index in [9.17, 15) is 8.42 Å². The molecule has 3 rings (SSSR count). The topological polar surface area (TPSA) is 84.2 Å². The lowest BCUT2D eigenvalue weighted by Gasteiger charge is -2.33. The third kappa shape index (κ3) is 2.81. The van der Waals surface area contributed by atoms with Crippen LogP contribution in [0.4, 0.5) is 5.95 Å². The minimum Gasteiger partial charge on any atom is -0.337 e. The lowest BCUT2D eigenvalue weighted by molar-refractivity contribution is 0.382. The van der Waals surface area contributed by atoms with Gasteiger partial charge in [0.2, 0.25) is 16.0 Å². The van der Waals surface area contributed by atoms with Crippen molar-refractivity contribution in [1.82, 2.24) is 24.5 Å². The first-order valence-electron chi connectivity index (χ1n) is 7.18. The fraction of sp³-hybridized carbons (Fsp3) is 0.462. The van der Waals surface area contributed by atoms with E-state index in [1.807, 2.05) is 35.2 Å². The predicted octanol–water partition coefficient (Wildman–Crippen LogP) is 0.134. The number of para-hydroxylation sites is 1. The number of sulfonamides is 1. The molecular weight excluding hydrogens is 304 g/mol. The minimum atomic E-state index is -3.13. The van der Waals surface area contributed by atoms with Gasteiger partial charge >= 0.3 is 0 Å². The van der Waals surface area contributed by atoms with Crippen molar-refractivity contribution in [3.05, 3.63) is 30.3 Å². The molecule has 2 heterocycles. The molecule has 0 radical (unpaired) electrons. The zero-order chi connectivity index (χ0) is 15.6. The van der Waals surface area contributed by atoms with Gasteiger partial charge in [-0.25, -0.2) is 8.42 Å². The summed E-state index contributed by atoms with van der Waals surface area (Å²) in [6.07, 6.45) is 0. The van der Waals surface area contributed by atoms with Crippen LogP contribution in [0.3, 0.4) is 0 Å². The fourth-order valence-corrected chi connectivity index (χ4v) is 3.55. The molecule has 1 fully saturated rings. The molecule has 8 nitrogen and oxygen atoms in total. The summed E-state index contributed by atoms with van der Waals surface area (Å²) in [5.74, 6) is 0.772. The predicted molar refractivity (Wildman–Crippen MR) is 82.4 cm³/mol. The van der Waals surface area contributed by atoms with Crippen molar-refractivity contribution < 1.29 is 8.42 Å². The molecule has 0 aliphatic carbocycles. The van der Waals surface area contributed by atoms with E-state index in [4.69, 9.17) is 0 Å². The van der Waals surface area contributed by atoms with E-state index in [1.165, 1.54) is 4.31 Å². The van der Waals surface area contributed by atoms with E-state index in [1.54, 1.807) is 11.6 Å². The van der Waals surface area contributed by atoms with Gasteiger partial charge in [-0.15, -0.1) is 0 Å². The number of benzene rings is 1. The van der Waals surface area contributed by atoms with Gasteiger partial charge in [-0.05, 0) is 29.5 Å². The van der Waals surface area contributed by atoms with Crippen LogP contribution in [0.25, 0.3) is 5.69 Å². The Hall–Kier alpha value is -2.00. The molecule has 1 aliphatic rings. The molecule has 22 heavy (non-hydrogen) atoms. The van der Waals surface area contributed by atoms with Crippen LogP contribution in [-0.4, -0.2) is 64.9 Å². The Kier molecular flexibility index (Phi) is 4.08. The molecule has 0 spiro atoms. The maximum Gasteiger partial charge on any atom is 0.250 e. The van der Waals surface area contributed by atoms with Crippen LogP contribution < -0.4 is 4.90 Å². The Morgan fingerprint density at radius 1 is 1.09 bits per heavy atom. The van der Waals surface area contributed by atoms with Crippen molar-refractivity contribution >= 4 is 16.0 Å². The largest absolute Gasteiger partial charge is 0.337 e. The zero-order valence-corrected chi connectivity index (χ0v) is 13.1. The maximum absolute atomic E-state index is 11.9. The third-order valence-electron chi connectivity index (χ3n) is 3.73. The molecule has 1 aromatic carbocycles. The summed E-state index contributed by atoms with van der Waals surface area (Å²) >= 11 is 0. The van der Waals surface area contributed by atoms with E-state index in [-0.39, 0.29) is 5.75 Å². The normalized spacial score (nSPS) is 16.9. The van der Waals surface area contributed by atoms with Crippen LogP contribution in [-0.2, 0) is 10.0 Å². The average molecular weight is 322 g/mol. The summed E-state index contributed by atoms with van der Waals surface area (Å²) in [6.45, 7) is 3.73. The van der Waals surface area contributed by atoms with Crippen molar-refractivity contribution in [3.8, 4) is 5.69 Å². The van der Waals surface area contributed by atoms with Gasteiger partial charge < -0.3 is 4.90 Å². The molecule has 1 aromatic heterocycles. The van der Waals surface area contributed by atoms with Gasteiger partial charge in [-0.2, -0.15) is 8.99 Å². The molecule has 0 atom stereocenters. The van der Waals surface area contributed by atoms with Crippen molar-refractivity contribution in [3.63, 3.8) is 0 Å². The van der Waals surface area contributed by atoms with Crippen molar-refractivity contribution in [1.29, 1.82) is 0 Å². The maximum atomic E-state index is 11.9. The molecule has 1 aliphatic heterocycles. The van der Waals surface area contributed by atoms with E-state index in [0.29, 0.717) is 32.1 Å².